The first-order valence-corrected chi connectivity index (χ1v) is 7.66. The summed E-state index contributed by atoms with van der Waals surface area (Å²) in [6, 6.07) is 19.6. The van der Waals surface area contributed by atoms with Crippen LogP contribution in [0, 0.1) is 0 Å². The van der Waals surface area contributed by atoms with Crippen molar-refractivity contribution in [1.29, 1.82) is 0 Å². The fourth-order valence-corrected chi connectivity index (χ4v) is 3.57. The lowest BCUT2D eigenvalue weighted by molar-refractivity contribution is 0.337. The summed E-state index contributed by atoms with van der Waals surface area (Å²) < 4.78 is 0. The van der Waals surface area contributed by atoms with E-state index in [-0.39, 0.29) is 0 Å². The molecule has 4 rings (SSSR count). The van der Waals surface area contributed by atoms with Crippen molar-refractivity contribution in [3.05, 3.63) is 71.4 Å². The molecular formula is C19H20N2. The highest BCUT2D eigenvalue weighted by molar-refractivity contribution is 5.86. The Kier molecular flexibility index (Phi) is 3.04. The van der Waals surface area contributed by atoms with Gasteiger partial charge in [0.2, 0.25) is 0 Å². The predicted octanol–water partition coefficient (Wildman–Crippen LogP) is 3.79. The second-order valence-electron chi connectivity index (χ2n) is 6.04. The molecule has 2 heterocycles. The Balaban J connectivity index is 1.94. The van der Waals surface area contributed by atoms with Crippen molar-refractivity contribution in [3.8, 4) is 0 Å². The first-order valence-electron chi connectivity index (χ1n) is 7.66. The monoisotopic (exact) mass is 276 g/mol. The van der Waals surface area contributed by atoms with Gasteiger partial charge in [-0.3, -0.25) is 0 Å². The van der Waals surface area contributed by atoms with Crippen LogP contribution in [0.2, 0.25) is 0 Å². The molecule has 0 aliphatic carbocycles. The Labute approximate surface area is 125 Å². The molecule has 1 unspecified atom stereocenters. The van der Waals surface area contributed by atoms with Gasteiger partial charge in [0.05, 0.1) is 0 Å². The summed E-state index contributed by atoms with van der Waals surface area (Å²) in [6.45, 7) is 2.20. The molecule has 2 nitrogen and oxygen atoms in total. The minimum Gasteiger partial charge on any atom is -0.358 e. The van der Waals surface area contributed by atoms with Crippen molar-refractivity contribution in [1.82, 2.24) is 9.88 Å². The molecule has 106 valence electrons. The van der Waals surface area contributed by atoms with Crippen LogP contribution < -0.4 is 0 Å². The van der Waals surface area contributed by atoms with E-state index >= 15 is 0 Å². The van der Waals surface area contributed by atoms with E-state index in [0.29, 0.717) is 5.92 Å². The normalized spacial score (nSPS) is 19.4. The summed E-state index contributed by atoms with van der Waals surface area (Å²) in [6.07, 6.45) is 1.10. The molecule has 2 heteroatoms. The zero-order valence-electron chi connectivity index (χ0n) is 12.3. The van der Waals surface area contributed by atoms with Gasteiger partial charge in [-0.2, -0.15) is 0 Å². The number of rotatable bonds is 1. The minimum atomic E-state index is 0.449. The Bertz CT molecular complexity index is 758. The smallest absolute Gasteiger partial charge is 0.0459 e. The molecule has 1 aromatic heterocycles. The van der Waals surface area contributed by atoms with E-state index in [1.165, 1.54) is 27.7 Å². The zero-order chi connectivity index (χ0) is 14.2. The summed E-state index contributed by atoms with van der Waals surface area (Å²) >= 11 is 0. The van der Waals surface area contributed by atoms with Crippen LogP contribution in [-0.4, -0.2) is 30.0 Å². The summed E-state index contributed by atoms with van der Waals surface area (Å²) in [4.78, 5) is 6.09. The summed E-state index contributed by atoms with van der Waals surface area (Å²) in [7, 11) is 2.23. The second-order valence-corrected chi connectivity index (χ2v) is 6.04. The molecule has 3 aromatic rings. The largest absolute Gasteiger partial charge is 0.358 e. The van der Waals surface area contributed by atoms with E-state index in [1.54, 1.807) is 0 Å². The molecule has 0 bridgehead atoms. The number of hydrogen-bond donors (Lipinski definition) is 1. The van der Waals surface area contributed by atoms with E-state index in [1.807, 2.05) is 0 Å². The summed E-state index contributed by atoms with van der Waals surface area (Å²) in [5.41, 5.74) is 5.60. The maximum Gasteiger partial charge on any atom is 0.0459 e. The SMILES string of the molecule is CN1CCc2[nH]c3ccccc3c2C(c2ccccc2)C1. The molecule has 0 amide bonds. The molecule has 0 saturated carbocycles. The third-order valence-electron chi connectivity index (χ3n) is 4.62. The zero-order valence-corrected chi connectivity index (χ0v) is 12.3. The number of H-pyrrole nitrogens is 1. The van der Waals surface area contributed by atoms with E-state index in [9.17, 15) is 0 Å². The number of benzene rings is 2. The van der Waals surface area contributed by atoms with Crippen LogP contribution in [-0.2, 0) is 6.42 Å². The van der Waals surface area contributed by atoms with Crippen LogP contribution >= 0.6 is 0 Å². The van der Waals surface area contributed by atoms with Crippen LogP contribution in [0.3, 0.4) is 0 Å². The number of para-hydroxylation sites is 1. The molecule has 21 heavy (non-hydrogen) atoms. The van der Waals surface area contributed by atoms with Gasteiger partial charge >= 0.3 is 0 Å². The van der Waals surface area contributed by atoms with Crippen LogP contribution in [0.4, 0.5) is 0 Å². The highest BCUT2D eigenvalue weighted by Crippen LogP contribution is 2.36. The lowest BCUT2D eigenvalue weighted by Crippen LogP contribution is -2.24. The highest BCUT2D eigenvalue weighted by atomic mass is 15.1. The van der Waals surface area contributed by atoms with Crippen molar-refractivity contribution in [2.24, 2.45) is 0 Å². The van der Waals surface area contributed by atoms with E-state index in [4.69, 9.17) is 0 Å². The maximum atomic E-state index is 3.65. The van der Waals surface area contributed by atoms with Gasteiger partial charge in [-0.05, 0) is 24.2 Å². The van der Waals surface area contributed by atoms with Gasteiger partial charge in [0, 0.05) is 42.0 Å². The van der Waals surface area contributed by atoms with Crippen LogP contribution in [0.5, 0.6) is 0 Å². The van der Waals surface area contributed by atoms with Crippen LogP contribution in [0.1, 0.15) is 22.7 Å². The van der Waals surface area contributed by atoms with E-state index in [0.717, 1.165) is 19.5 Å². The topological polar surface area (TPSA) is 19.0 Å². The van der Waals surface area contributed by atoms with Crippen molar-refractivity contribution >= 4 is 10.9 Å². The third kappa shape index (κ3) is 2.16. The van der Waals surface area contributed by atoms with Gasteiger partial charge in [0.15, 0.2) is 0 Å². The first-order chi connectivity index (χ1) is 10.3. The fourth-order valence-electron chi connectivity index (χ4n) is 3.57. The number of aromatic nitrogens is 1. The molecule has 0 spiro atoms. The van der Waals surface area contributed by atoms with Gasteiger partial charge in [0.1, 0.15) is 0 Å². The van der Waals surface area contributed by atoms with E-state index < -0.39 is 0 Å². The van der Waals surface area contributed by atoms with Gasteiger partial charge in [-0.25, -0.2) is 0 Å². The molecule has 0 saturated heterocycles. The number of fused-ring (bicyclic) bond motifs is 3. The number of likely N-dealkylation sites (N-methyl/N-ethyl adjacent to an activating group) is 1. The van der Waals surface area contributed by atoms with Gasteiger partial charge < -0.3 is 9.88 Å². The average Bonchev–Trinajstić information content (AvgIpc) is 2.81. The lowest BCUT2D eigenvalue weighted by Gasteiger charge is -2.21. The average molecular weight is 276 g/mol. The predicted molar refractivity (Wildman–Crippen MR) is 87.8 cm³/mol. The Morgan fingerprint density at radius 3 is 2.62 bits per heavy atom. The summed E-state index contributed by atoms with van der Waals surface area (Å²) in [5.74, 6) is 0.449. The molecule has 1 aliphatic rings. The van der Waals surface area contributed by atoms with Crippen molar-refractivity contribution in [3.63, 3.8) is 0 Å². The molecule has 0 fully saturated rings. The Morgan fingerprint density at radius 2 is 1.76 bits per heavy atom. The Hall–Kier alpha value is -2.06. The van der Waals surface area contributed by atoms with Crippen LogP contribution in [0.15, 0.2) is 54.6 Å². The molecule has 2 aromatic carbocycles. The molecule has 1 atom stereocenters. The minimum absolute atomic E-state index is 0.449. The third-order valence-corrected chi connectivity index (χ3v) is 4.62. The highest BCUT2D eigenvalue weighted by Gasteiger charge is 2.26. The quantitative estimate of drug-likeness (QED) is 0.716. The molecular weight excluding hydrogens is 256 g/mol. The molecule has 0 radical (unpaired) electrons. The number of nitrogens with one attached hydrogen (secondary N) is 1. The van der Waals surface area contributed by atoms with Gasteiger partial charge in [-0.1, -0.05) is 48.5 Å². The fraction of sp³-hybridized carbons (Fsp3) is 0.263. The van der Waals surface area contributed by atoms with Crippen LogP contribution in [0.25, 0.3) is 10.9 Å². The van der Waals surface area contributed by atoms with Gasteiger partial charge in [0.25, 0.3) is 0 Å². The van der Waals surface area contributed by atoms with Crippen molar-refractivity contribution in [2.45, 2.75) is 12.3 Å². The van der Waals surface area contributed by atoms with Gasteiger partial charge in [-0.15, -0.1) is 0 Å². The lowest BCUT2D eigenvalue weighted by atomic mass is 9.89. The number of hydrogen-bond acceptors (Lipinski definition) is 1. The molecule has 1 N–H and O–H groups in total. The van der Waals surface area contributed by atoms with E-state index in [2.05, 4.69) is 71.5 Å². The maximum absolute atomic E-state index is 3.65. The number of nitrogens with zero attached hydrogens (tertiary/aromatic N) is 1. The summed E-state index contributed by atoms with van der Waals surface area (Å²) in [5, 5.41) is 1.39. The first kappa shape index (κ1) is 12.7. The van der Waals surface area contributed by atoms with Crippen molar-refractivity contribution in [2.75, 3.05) is 20.1 Å². The van der Waals surface area contributed by atoms with Crippen molar-refractivity contribution < 1.29 is 0 Å². The Morgan fingerprint density at radius 1 is 1.00 bits per heavy atom. The second kappa shape index (κ2) is 5.05. The number of aromatic amines is 1. The standard InChI is InChI=1S/C19H20N2/c1-21-12-11-18-19(15-9-5-6-10-17(15)20-18)16(13-21)14-7-3-2-4-8-14/h2-10,16,20H,11-13H2,1H3. The molecule has 1 aliphatic heterocycles.